The zero-order valence-electron chi connectivity index (χ0n) is 10.3. The standard InChI is InChI=1S/C15H16IN/c1-10-8-11(2)15(12(3)9-10)17-14-7-5-4-6-13(14)16/h4-9,17H,1-3H3. The molecule has 0 saturated carbocycles. The van der Waals surface area contributed by atoms with Gasteiger partial charge >= 0.3 is 0 Å². The van der Waals surface area contributed by atoms with Crippen molar-refractivity contribution in [3.05, 3.63) is 56.7 Å². The zero-order valence-corrected chi connectivity index (χ0v) is 12.5. The number of para-hydroxylation sites is 1. The van der Waals surface area contributed by atoms with Gasteiger partial charge in [-0.1, -0.05) is 29.8 Å². The van der Waals surface area contributed by atoms with Crippen molar-refractivity contribution in [3.8, 4) is 0 Å². The smallest absolute Gasteiger partial charge is 0.0520 e. The first-order chi connectivity index (χ1) is 8.08. The fourth-order valence-corrected chi connectivity index (χ4v) is 2.60. The van der Waals surface area contributed by atoms with Crippen LogP contribution in [0.3, 0.4) is 0 Å². The molecule has 0 saturated heterocycles. The maximum atomic E-state index is 3.53. The lowest BCUT2D eigenvalue weighted by atomic mass is 10.0. The minimum absolute atomic E-state index is 1.17. The summed E-state index contributed by atoms with van der Waals surface area (Å²) in [5.74, 6) is 0. The van der Waals surface area contributed by atoms with Gasteiger partial charge in [0.1, 0.15) is 0 Å². The lowest BCUT2D eigenvalue weighted by Crippen LogP contribution is -1.98. The number of anilines is 2. The third-order valence-corrected chi connectivity index (χ3v) is 3.75. The highest BCUT2D eigenvalue weighted by Gasteiger charge is 2.05. The van der Waals surface area contributed by atoms with Crippen LogP contribution in [0.15, 0.2) is 36.4 Å². The topological polar surface area (TPSA) is 12.0 Å². The van der Waals surface area contributed by atoms with Crippen LogP contribution in [0.25, 0.3) is 0 Å². The number of aryl methyl sites for hydroxylation is 3. The van der Waals surface area contributed by atoms with E-state index in [1.54, 1.807) is 0 Å². The summed E-state index contributed by atoms with van der Waals surface area (Å²) in [6, 6.07) is 12.8. The van der Waals surface area contributed by atoms with Gasteiger partial charge in [0.2, 0.25) is 0 Å². The van der Waals surface area contributed by atoms with Crippen LogP contribution in [0.2, 0.25) is 0 Å². The maximum Gasteiger partial charge on any atom is 0.0520 e. The monoisotopic (exact) mass is 337 g/mol. The number of halogens is 1. The number of benzene rings is 2. The highest BCUT2D eigenvalue weighted by Crippen LogP contribution is 2.28. The molecule has 0 amide bonds. The Kier molecular flexibility index (Phi) is 3.72. The Morgan fingerprint density at radius 3 is 2.12 bits per heavy atom. The summed E-state index contributed by atoms with van der Waals surface area (Å²) in [7, 11) is 0. The van der Waals surface area contributed by atoms with Gasteiger partial charge in [-0.2, -0.15) is 0 Å². The Morgan fingerprint density at radius 1 is 0.941 bits per heavy atom. The highest BCUT2D eigenvalue weighted by atomic mass is 127. The molecule has 0 aliphatic carbocycles. The van der Waals surface area contributed by atoms with E-state index in [0.29, 0.717) is 0 Å². The zero-order chi connectivity index (χ0) is 12.4. The van der Waals surface area contributed by atoms with E-state index in [-0.39, 0.29) is 0 Å². The molecule has 2 heteroatoms. The van der Waals surface area contributed by atoms with Crippen molar-refractivity contribution in [2.75, 3.05) is 5.32 Å². The number of nitrogens with one attached hydrogen (secondary N) is 1. The second-order valence-corrected chi connectivity index (χ2v) is 5.54. The fourth-order valence-electron chi connectivity index (χ4n) is 2.07. The number of hydrogen-bond acceptors (Lipinski definition) is 1. The van der Waals surface area contributed by atoms with Gasteiger partial charge in [-0.25, -0.2) is 0 Å². The third kappa shape index (κ3) is 2.80. The van der Waals surface area contributed by atoms with Crippen molar-refractivity contribution in [3.63, 3.8) is 0 Å². The summed E-state index contributed by atoms with van der Waals surface area (Å²) in [4.78, 5) is 0. The van der Waals surface area contributed by atoms with Crippen LogP contribution in [0.4, 0.5) is 11.4 Å². The van der Waals surface area contributed by atoms with Crippen molar-refractivity contribution < 1.29 is 0 Å². The van der Waals surface area contributed by atoms with Gasteiger partial charge in [0.25, 0.3) is 0 Å². The molecular formula is C15H16IN. The first-order valence-electron chi connectivity index (χ1n) is 5.67. The maximum absolute atomic E-state index is 3.53. The van der Waals surface area contributed by atoms with E-state index < -0.39 is 0 Å². The van der Waals surface area contributed by atoms with Crippen molar-refractivity contribution >= 4 is 34.0 Å². The van der Waals surface area contributed by atoms with Gasteiger partial charge in [0.05, 0.1) is 5.69 Å². The van der Waals surface area contributed by atoms with E-state index in [2.05, 4.69) is 85.1 Å². The second kappa shape index (κ2) is 5.08. The summed E-state index contributed by atoms with van der Waals surface area (Å²) in [6.07, 6.45) is 0. The van der Waals surface area contributed by atoms with E-state index in [1.807, 2.05) is 0 Å². The molecule has 17 heavy (non-hydrogen) atoms. The molecule has 2 aromatic carbocycles. The molecule has 0 heterocycles. The third-order valence-electron chi connectivity index (χ3n) is 2.81. The average Bonchev–Trinajstić information content (AvgIpc) is 2.25. The van der Waals surface area contributed by atoms with Crippen LogP contribution in [0.1, 0.15) is 16.7 Å². The quantitative estimate of drug-likeness (QED) is 0.764. The fraction of sp³-hybridized carbons (Fsp3) is 0.200. The van der Waals surface area contributed by atoms with Crippen molar-refractivity contribution in [2.24, 2.45) is 0 Å². The van der Waals surface area contributed by atoms with E-state index in [4.69, 9.17) is 0 Å². The van der Waals surface area contributed by atoms with Gasteiger partial charge in [-0.3, -0.25) is 0 Å². The van der Waals surface area contributed by atoms with E-state index in [1.165, 1.54) is 31.6 Å². The summed E-state index contributed by atoms with van der Waals surface area (Å²) in [5, 5.41) is 3.53. The SMILES string of the molecule is Cc1cc(C)c(Nc2ccccc2I)c(C)c1. The minimum atomic E-state index is 1.17. The average molecular weight is 337 g/mol. The molecule has 0 spiro atoms. The van der Waals surface area contributed by atoms with Crippen LogP contribution in [0, 0.1) is 24.3 Å². The molecule has 0 radical (unpaired) electrons. The van der Waals surface area contributed by atoms with Gasteiger partial charge in [-0.15, -0.1) is 0 Å². The van der Waals surface area contributed by atoms with E-state index in [9.17, 15) is 0 Å². The molecule has 0 bridgehead atoms. The van der Waals surface area contributed by atoms with Crippen LogP contribution in [0.5, 0.6) is 0 Å². The molecule has 2 rings (SSSR count). The Bertz CT molecular complexity index is 523. The molecule has 1 nitrogen and oxygen atoms in total. The Hall–Kier alpha value is -1.03. The predicted octanol–water partition coefficient (Wildman–Crippen LogP) is 4.96. The summed E-state index contributed by atoms with van der Waals surface area (Å²) in [6.45, 7) is 6.44. The van der Waals surface area contributed by atoms with Gasteiger partial charge in [0, 0.05) is 9.26 Å². The predicted molar refractivity (Wildman–Crippen MR) is 83.1 cm³/mol. The Balaban J connectivity index is 2.40. The van der Waals surface area contributed by atoms with Crippen LogP contribution < -0.4 is 5.32 Å². The van der Waals surface area contributed by atoms with Crippen molar-refractivity contribution in [1.29, 1.82) is 0 Å². The normalized spacial score (nSPS) is 10.4. The number of rotatable bonds is 2. The van der Waals surface area contributed by atoms with Crippen LogP contribution >= 0.6 is 22.6 Å². The Labute approximate surface area is 116 Å². The van der Waals surface area contributed by atoms with Crippen molar-refractivity contribution in [2.45, 2.75) is 20.8 Å². The van der Waals surface area contributed by atoms with Gasteiger partial charge in [-0.05, 0) is 66.6 Å². The summed E-state index contributed by atoms with van der Waals surface area (Å²) >= 11 is 2.35. The molecule has 0 atom stereocenters. The lowest BCUT2D eigenvalue weighted by molar-refractivity contribution is 1.31. The van der Waals surface area contributed by atoms with E-state index in [0.717, 1.165) is 0 Å². The lowest BCUT2D eigenvalue weighted by Gasteiger charge is -2.14. The van der Waals surface area contributed by atoms with Crippen LogP contribution in [-0.2, 0) is 0 Å². The summed E-state index contributed by atoms with van der Waals surface area (Å²) in [5.41, 5.74) is 6.29. The minimum Gasteiger partial charge on any atom is -0.354 e. The van der Waals surface area contributed by atoms with Crippen molar-refractivity contribution in [1.82, 2.24) is 0 Å². The molecule has 0 aromatic heterocycles. The van der Waals surface area contributed by atoms with E-state index >= 15 is 0 Å². The summed E-state index contributed by atoms with van der Waals surface area (Å²) < 4.78 is 1.24. The highest BCUT2D eigenvalue weighted by molar-refractivity contribution is 14.1. The number of hydrogen-bond donors (Lipinski definition) is 1. The van der Waals surface area contributed by atoms with Crippen LogP contribution in [-0.4, -0.2) is 0 Å². The second-order valence-electron chi connectivity index (χ2n) is 4.38. The van der Waals surface area contributed by atoms with Gasteiger partial charge < -0.3 is 5.32 Å². The molecule has 0 unspecified atom stereocenters. The molecule has 0 aliphatic rings. The first kappa shape index (κ1) is 12.4. The molecule has 88 valence electrons. The molecule has 1 N–H and O–H groups in total. The molecule has 0 fully saturated rings. The largest absolute Gasteiger partial charge is 0.354 e. The molecule has 2 aromatic rings. The molecule has 0 aliphatic heterocycles. The molecular weight excluding hydrogens is 321 g/mol. The first-order valence-corrected chi connectivity index (χ1v) is 6.75. The van der Waals surface area contributed by atoms with Gasteiger partial charge in [0.15, 0.2) is 0 Å². The Morgan fingerprint density at radius 2 is 1.53 bits per heavy atom.